The average Bonchev–Trinajstić information content (AvgIpc) is 3.14. The molecule has 4 aliphatic rings. The number of hydrogen-bond acceptors (Lipinski definition) is 8. The molecule has 0 aromatic carbocycles. The molecule has 0 aliphatic heterocycles. The fourth-order valence-electron chi connectivity index (χ4n) is 8.19. The number of carbonyl (C=O) groups is 4. The minimum Gasteiger partial charge on any atom is -0.457 e. The second-order valence-electron chi connectivity index (χ2n) is 11.9. The summed E-state index contributed by atoms with van der Waals surface area (Å²) in [7, 11) is 0. The van der Waals surface area contributed by atoms with Crippen molar-refractivity contribution >= 4 is 23.7 Å². The topological polar surface area (TPSA) is 116 Å². The highest BCUT2D eigenvalue weighted by Crippen LogP contribution is 2.68. The van der Waals surface area contributed by atoms with E-state index in [1.165, 1.54) is 0 Å². The number of ketones is 2. The Morgan fingerprint density at radius 1 is 1.08 bits per heavy atom. The highest BCUT2D eigenvalue weighted by molar-refractivity contribution is 5.93. The molecule has 3 saturated carbocycles. The van der Waals surface area contributed by atoms with Crippen LogP contribution in [0.1, 0.15) is 91.9 Å². The average molecular weight is 519 g/mol. The van der Waals surface area contributed by atoms with Crippen LogP contribution < -0.4 is 0 Å². The molecule has 37 heavy (non-hydrogen) atoms. The maximum Gasteiger partial charge on any atom is 0.509 e. The van der Waals surface area contributed by atoms with E-state index in [1.54, 1.807) is 13.0 Å². The van der Waals surface area contributed by atoms with Crippen LogP contribution in [-0.2, 0) is 28.6 Å². The maximum absolute atomic E-state index is 13.8. The van der Waals surface area contributed by atoms with Gasteiger partial charge in [0.25, 0.3) is 0 Å². The monoisotopic (exact) mass is 518 g/mol. The largest absolute Gasteiger partial charge is 0.509 e. The minimum atomic E-state index is -1.54. The predicted octanol–water partition coefficient (Wildman–Crippen LogP) is 4.70. The van der Waals surface area contributed by atoms with Gasteiger partial charge in [0.1, 0.15) is 0 Å². The Morgan fingerprint density at radius 2 is 1.84 bits per heavy atom. The van der Waals surface area contributed by atoms with Gasteiger partial charge in [0.2, 0.25) is 5.78 Å². The highest BCUT2D eigenvalue weighted by atomic mass is 16.7. The fraction of sp³-hybridized carbons (Fsp3) is 0.793. The standard InChI is InChI=1S/C29H42O8/c1-5-7-14-35-26(34)37-29(23(32)17-36-24(33)6-2)13-11-21-20-9-8-18-15-19(30)10-12-27(18,3)25(20)22(31)16-28(21,29)4/h15,20-22,25,31H,5-14,16-17H2,1-4H3/t20-,21-,22-,25+,27-,28-,29-/m0/s1. The number of aliphatic hydroxyl groups excluding tert-OH is 1. The molecule has 8 nitrogen and oxygen atoms in total. The number of esters is 1. The zero-order valence-corrected chi connectivity index (χ0v) is 22.7. The first kappa shape index (κ1) is 27.8. The Balaban J connectivity index is 1.67. The molecule has 1 N–H and O–H groups in total. The van der Waals surface area contributed by atoms with E-state index in [9.17, 15) is 24.3 Å². The molecule has 3 fully saturated rings. The van der Waals surface area contributed by atoms with E-state index in [-0.39, 0.29) is 48.4 Å². The number of fused-ring (bicyclic) bond motifs is 5. The van der Waals surface area contributed by atoms with Gasteiger partial charge in [0, 0.05) is 18.3 Å². The van der Waals surface area contributed by atoms with Gasteiger partial charge in [-0.15, -0.1) is 0 Å². The van der Waals surface area contributed by atoms with Gasteiger partial charge in [-0.05, 0) is 74.2 Å². The molecular formula is C29H42O8. The lowest BCUT2D eigenvalue weighted by molar-refractivity contribution is -0.188. The van der Waals surface area contributed by atoms with Gasteiger partial charge in [0.15, 0.2) is 18.0 Å². The summed E-state index contributed by atoms with van der Waals surface area (Å²) in [5.74, 6) is -0.669. The summed E-state index contributed by atoms with van der Waals surface area (Å²) >= 11 is 0. The van der Waals surface area contributed by atoms with Gasteiger partial charge >= 0.3 is 12.1 Å². The van der Waals surface area contributed by atoms with Gasteiger partial charge in [-0.1, -0.05) is 39.7 Å². The SMILES string of the molecule is CCCCOC(=O)O[C@]1(C(=O)COC(=O)CC)CC[C@H]2[C@@H]3CCC4=CC(=O)CC[C@]4(C)[C@H]3[C@@H](O)C[C@@]21C. The van der Waals surface area contributed by atoms with E-state index >= 15 is 0 Å². The molecular weight excluding hydrogens is 476 g/mol. The smallest absolute Gasteiger partial charge is 0.457 e. The van der Waals surface area contributed by atoms with Crippen molar-refractivity contribution < 1.29 is 38.5 Å². The van der Waals surface area contributed by atoms with Gasteiger partial charge in [-0.3, -0.25) is 14.4 Å². The number of allylic oxidation sites excluding steroid dienone is 1. The van der Waals surface area contributed by atoms with Crippen LogP contribution in [0.25, 0.3) is 0 Å². The van der Waals surface area contributed by atoms with E-state index in [1.807, 2.05) is 13.8 Å². The zero-order valence-electron chi connectivity index (χ0n) is 22.7. The number of carbonyl (C=O) groups excluding carboxylic acids is 4. The number of Topliss-reactive ketones (excluding diaryl/α,β-unsaturated/α-hetero) is 1. The van der Waals surface area contributed by atoms with E-state index in [0.717, 1.165) is 31.3 Å². The minimum absolute atomic E-state index is 0.0287. The summed E-state index contributed by atoms with van der Waals surface area (Å²) in [5, 5.41) is 11.7. The molecule has 0 aromatic rings. The number of unbranched alkanes of at least 4 members (excludes halogenated alkanes) is 1. The lowest BCUT2D eigenvalue weighted by Crippen LogP contribution is -2.63. The molecule has 4 rings (SSSR count). The summed E-state index contributed by atoms with van der Waals surface area (Å²) in [4.78, 5) is 50.6. The maximum atomic E-state index is 13.8. The second-order valence-corrected chi connectivity index (χ2v) is 11.9. The third-order valence-electron chi connectivity index (χ3n) is 10.1. The second kappa shape index (κ2) is 10.5. The van der Waals surface area contributed by atoms with E-state index in [0.29, 0.717) is 25.7 Å². The molecule has 7 atom stereocenters. The van der Waals surface area contributed by atoms with Gasteiger partial charge in [-0.25, -0.2) is 4.79 Å². The summed E-state index contributed by atoms with van der Waals surface area (Å²) < 4.78 is 16.5. The normalized spacial score (nSPS) is 38.5. The van der Waals surface area contributed by atoms with Gasteiger partial charge < -0.3 is 19.3 Å². The van der Waals surface area contributed by atoms with E-state index in [2.05, 4.69) is 6.92 Å². The lowest BCUT2D eigenvalue weighted by Gasteiger charge is -2.60. The summed E-state index contributed by atoms with van der Waals surface area (Å²) in [6, 6.07) is 0. The van der Waals surface area contributed by atoms with Crippen molar-refractivity contribution in [3.05, 3.63) is 11.6 Å². The van der Waals surface area contributed by atoms with Crippen LogP contribution in [0.15, 0.2) is 11.6 Å². The van der Waals surface area contributed by atoms with Crippen molar-refractivity contribution in [3.8, 4) is 0 Å². The number of hydrogen-bond donors (Lipinski definition) is 1. The number of ether oxygens (including phenoxy) is 3. The first-order valence-corrected chi connectivity index (χ1v) is 14.0. The third-order valence-corrected chi connectivity index (χ3v) is 10.1. The summed E-state index contributed by atoms with van der Waals surface area (Å²) in [5.41, 5.74) is -1.51. The Hall–Kier alpha value is -2.22. The van der Waals surface area contributed by atoms with Crippen molar-refractivity contribution in [1.29, 1.82) is 0 Å². The Kier molecular flexibility index (Phi) is 7.89. The molecule has 0 bridgehead atoms. The zero-order chi connectivity index (χ0) is 27.0. The Labute approximate surface area is 219 Å². The summed E-state index contributed by atoms with van der Waals surface area (Å²) in [6.07, 6.45) is 5.89. The van der Waals surface area contributed by atoms with Crippen LogP contribution in [0.5, 0.6) is 0 Å². The Morgan fingerprint density at radius 3 is 2.54 bits per heavy atom. The molecule has 0 aromatic heterocycles. The quantitative estimate of drug-likeness (QED) is 0.363. The van der Waals surface area contributed by atoms with Crippen molar-refractivity contribution in [2.75, 3.05) is 13.2 Å². The van der Waals surface area contributed by atoms with E-state index < -0.39 is 41.6 Å². The van der Waals surface area contributed by atoms with Crippen molar-refractivity contribution in [2.45, 2.75) is 104 Å². The summed E-state index contributed by atoms with van der Waals surface area (Å²) in [6.45, 7) is 7.48. The van der Waals surface area contributed by atoms with Crippen molar-refractivity contribution in [1.82, 2.24) is 0 Å². The molecule has 0 unspecified atom stereocenters. The first-order chi connectivity index (χ1) is 17.5. The van der Waals surface area contributed by atoms with E-state index in [4.69, 9.17) is 14.2 Å². The van der Waals surface area contributed by atoms with Crippen molar-refractivity contribution in [3.63, 3.8) is 0 Å². The molecule has 8 heteroatoms. The molecule has 0 heterocycles. The van der Waals surface area contributed by atoms with Crippen molar-refractivity contribution in [2.24, 2.45) is 28.6 Å². The predicted molar refractivity (Wildman–Crippen MR) is 134 cm³/mol. The molecule has 0 amide bonds. The molecule has 0 saturated heterocycles. The highest BCUT2D eigenvalue weighted by Gasteiger charge is 2.70. The van der Waals surface area contributed by atoms with Gasteiger partial charge in [0.05, 0.1) is 12.7 Å². The molecule has 4 aliphatic carbocycles. The van der Waals surface area contributed by atoms with Gasteiger partial charge in [-0.2, -0.15) is 0 Å². The fourth-order valence-corrected chi connectivity index (χ4v) is 8.19. The third kappa shape index (κ3) is 4.64. The van der Waals surface area contributed by atoms with Crippen LogP contribution in [0.4, 0.5) is 4.79 Å². The number of aliphatic hydroxyl groups is 1. The lowest BCUT2D eigenvalue weighted by atomic mass is 9.45. The van der Waals surface area contributed by atoms with Crippen LogP contribution in [-0.4, -0.2) is 53.7 Å². The van der Waals surface area contributed by atoms with Crippen LogP contribution in [0.3, 0.4) is 0 Å². The number of rotatable bonds is 8. The molecule has 206 valence electrons. The Bertz CT molecular complexity index is 971. The van der Waals surface area contributed by atoms with Crippen LogP contribution in [0.2, 0.25) is 0 Å². The molecule has 0 spiro atoms. The molecule has 0 radical (unpaired) electrons. The van der Waals surface area contributed by atoms with Crippen LogP contribution in [0, 0.1) is 28.6 Å². The first-order valence-electron chi connectivity index (χ1n) is 14.0. The van der Waals surface area contributed by atoms with Crippen LogP contribution >= 0.6 is 0 Å².